The molecule has 2 aromatic rings. The summed E-state index contributed by atoms with van der Waals surface area (Å²) in [6.07, 6.45) is 1.81. The van der Waals surface area contributed by atoms with Crippen LogP contribution in [0.4, 0.5) is 5.82 Å². The number of nitrogens with zero attached hydrogens (tertiary/aromatic N) is 3. The van der Waals surface area contributed by atoms with E-state index >= 15 is 0 Å². The molecule has 0 aliphatic carbocycles. The number of methoxy groups -OCH3 is 1. The zero-order valence-electron chi connectivity index (χ0n) is 14.2. The van der Waals surface area contributed by atoms with Crippen LogP contribution in [0, 0.1) is 13.8 Å². The molecule has 0 aromatic carbocycles. The van der Waals surface area contributed by atoms with Crippen molar-refractivity contribution in [3.63, 3.8) is 0 Å². The van der Waals surface area contributed by atoms with Crippen molar-refractivity contribution in [2.45, 2.75) is 32.7 Å². The van der Waals surface area contributed by atoms with Crippen molar-refractivity contribution in [2.24, 2.45) is 0 Å². The van der Waals surface area contributed by atoms with Crippen molar-refractivity contribution in [2.75, 3.05) is 25.1 Å². The average molecular weight is 346 g/mol. The molecule has 1 saturated heterocycles. The van der Waals surface area contributed by atoms with Gasteiger partial charge in [0.05, 0.1) is 7.11 Å². The molecule has 0 unspecified atom stereocenters. The van der Waals surface area contributed by atoms with Gasteiger partial charge in [0.1, 0.15) is 22.3 Å². The van der Waals surface area contributed by atoms with Crippen LogP contribution in [0.1, 0.15) is 34.0 Å². The van der Waals surface area contributed by atoms with Gasteiger partial charge in [-0.25, -0.2) is 9.97 Å². The maximum atomic E-state index is 12.4. The number of ether oxygens (including phenoxy) is 1. The highest BCUT2D eigenvalue weighted by atomic mass is 32.1. The van der Waals surface area contributed by atoms with E-state index in [1.165, 1.54) is 11.3 Å². The highest BCUT2D eigenvalue weighted by molar-refractivity contribution is 7.12. The van der Waals surface area contributed by atoms with Gasteiger partial charge in [-0.2, -0.15) is 0 Å². The topological polar surface area (TPSA) is 67.3 Å². The Morgan fingerprint density at radius 3 is 2.75 bits per heavy atom. The highest BCUT2D eigenvalue weighted by Gasteiger charge is 2.24. The monoisotopic (exact) mass is 346 g/mol. The van der Waals surface area contributed by atoms with Crippen molar-refractivity contribution in [1.82, 2.24) is 15.3 Å². The van der Waals surface area contributed by atoms with Crippen molar-refractivity contribution < 1.29 is 9.53 Å². The molecule has 128 valence electrons. The van der Waals surface area contributed by atoms with Crippen LogP contribution in [-0.2, 0) is 0 Å². The molecule has 0 saturated carbocycles. The van der Waals surface area contributed by atoms with Gasteiger partial charge in [0.25, 0.3) is 5.91 Å². The van der Waals surface area contributed by atoms with Crippen LogP contribution in [0.15, 0.2) is 17.5 Å². The third kappa shape index (κ3) is 3.67. The lowest BCUT2D eigenvalue weighted by Gasteiger charge is -2.33. The third-order valence-corrected chi connectivity index (χ3v) is 5.06. The molecule has 3 heterocycles. The lowest BCUT2D eigenvalue weighted by Crippen LogP contribution is -2.45. The first-order valence-electron chi connectivity index (χ1n) is 8.06. The van der Waals surface area contributed by atoms with Crippen molar-refractivity contribution >= 4 is 23.1 Å². The number of rotatable bonds is 4. The number of anilines is 1. The lowest BCUT2D eigenvalue weighted by atomic mass is 10.0. The van der Waals surface area contributed by atoms with Gasteiger partial charge in [-0.1, -0.05) is 0 Å². The molecular weight excluding hydrogens is 324 g/mol. The molecule has 0 radical (unpaired) electrons. The van der Waals surface area contributed by atoms with Crippen molar-refractivity contribution in [3.8, 4) is 5.75 Å². The predicted octanol–water partition coefficient (Wildman–Crippen LogP) is 2.56. The summed E-state index contributed by atoms with van der Waals surface area (Å²) < 4.78 is 5.22. The Morgan fingerprint density at radius 1 is 1.33 bits per heavy atom. The maximum Gasteiger partial charge on any atom is 0.265 e. The molecule has 0 atom stereocenters. The number of hydrogen-bond acceptors (Lipinski definition) is 6. The van der Waals surface area contributed by atoms with Gasteiger partial charge in [0.15, 0.2) is 0 Å². The number of thiophene rings is 1. The van der Waals surface area contributed by atoms with E-state index in [1.807, 2.05) is 31.4 Å². The fraction of sp³-hybridized carbons (Fsp3) is 0.471. The molecule has 2 aromatic heterocycles. The molecule has 3 rings (SSSR count). The Hall–Kier alpha value is -2.15. The van der Waals surface area contributed by atoms with Crippen LogP contribution in [-0.4, -0.2) is 42.1 Å². The largest absolute Gasteiger partial charge is 0.495 e. The Morgan fingerprint density at radius 2 is 2.08 bits per heavy atom. The maximum absolute atomic E-state index is 12.4. The van der Waals surface area contributed by atoms with Crippen LogP contribution in [0.25, 0.3) is 0 Å². The molecule has 1 aliphatic heterocycles. The summed E-state index contributed by atoms with van der Waals surface area (Å²) in [5, 5.41) is 4.99. The standard InChI is InChI=1S/C17H22N4O2S/c1-11-10-15(19-12(2)18-11)21-7-4-13(5-8-21)20-17(22)16-14(23-3)6-9-24-16/h6,9-10,13H,4-5,7-8H2,1-3H3,(H,20,22). The van der Waals surface area contributed by atoms with E-state index in [2.05, 4.69) is 20.2 Å². The summed E-state index contributed by atoms with van der Waals surface area (Å²) in [6.45, 7) is 5.66. The second-order valence-corrected chi connectivity index (χ2v) is 6.88. The second kappa shape index (κ2) is 7.17. The van der Waals surface area contributed by atoms with Gasteiger partial charge < -0.3 is 15.0 Å². The highest BCUT2D eigenvalue weighted by Crippen LogP contribution is 2.25. The minimum absolute atomic E-state index is 0.0472. The smallest absolute Gasteiger partial charge is 0.265 e. The van der Waals surface area contributed by atoms with E-state index in [1.54, 1.807) is 7.11 Å². The van der Waals surface area contributed by atoms with Gasteiger partial charge >= 0.3 is 0 Å². The Balaban J connectivity index is 1.58. The van der Waals surface area contributed by atoms with E-state index in [9.17, 15) is 4.79 Å². The van der Waals surface area contributed by atoms with Crippen LogP contribution >= 0.6 is 11.3 Å². The van der Waals surface area contributed by atoms with Crippen molar-refractivity contribution in [1.29, 1.82) is 0 Å². The molecule has 1 aliphatic rings. The summed E-state index contributed by atoms with van der Waals surface area (Å²) in [5.41, 5.74) is 0.984. The Kier molecular flexibility index (Phi) is 4.99. The first kappa shape index (κ1) is 16.7. The molecule has 1 fully saturated rings. The molecule has 24 heavy (non-hydrogen) atoms. The zero-order valence-corrected chi connectivity index (χ0v) is 15.0. The Labute approximate surface area is 145 Å². The molecule has 7 heteroatoms. The van der Waals surface area contributed by atoms with E-state index < -0.39 is 0 Å². The second-order valence-electron chi connectivity index (χ2n) is 5.97. The van der Waals surface area contributed by atoms with Gasteiger partial charge in [-0.05, 0) is 38.1 Å². The number of nitrogens with one attached hydrogen (secondary N) is 1. The molecule has 0 spiro atoms. The number of carbonyl (C=O) groups is 1. The SMILES string of the molecule is COc1ccsc1C(=O)NC1CCN(c2cc(C)nc(C)n2)CC1. The van der Waals surface area contributed by atoms with Crippen LogP contribution in [0.2, 0.25) is 0 Å². The fourth-order valence-electron chi connectivity index (χ4n) is 2.99. The summed E-state index contributed by atoms with van der Waals surface area (Å²) in [4.78, 5) is 24.1. The number of hydrogen-bond donors (Lipinski definition) is 1. The third-order valence-electron chi connectivity index (χ3n) is 4.16. The molecule has 6 nitrogen and oxygen atoms in total. The average Bonchev–Trinajstić information content (AvgIpc) is 3.03. The predicted molar refractivity (Wildman–Crippen MR) is 95.1 cm³/mol. The van der Waals surface area contributed by atoms with Gasteiger partial charge in [0.2, 0.25) is 0 Å². The molecule has 1 amide bonds. The summed E-state index contributed by atoms with van der Waals surface area (Å²) >= 11 is 1.41. The van der Waals surface area contributed by atoms with E-state index in [0.29, 0.717) is 10.6 Å². The minimum Gasteiger partial charge on any atom is -0.495 e. The number of carbonyl (C=O) groups excluding carboxylic acids is 1. The number of piperidine rings is 1. The first-order valence-corrected chi connectivity index (χ1v) is 8.94. The molecule has 0 bridgehead atoms. The van der Waals surface area contributed by atoms with Gasteiger partial charge in [-0.3, -0.25) is 4.79 Å². The van der Waals surface area contributed by atoms with E-state index in [4.69, 9.17) is 4.74 Å². The summed E-state index contributed by atoms with van der Waals surface area (Å²) in [7, 11) is 1.59. The molecule has 1 N–H and O–H groups in total. The lowest BCUT2D eigenvalue weighted by molar-refractivity contribution is 0.0932. The van der Waals surface area contributed by atoms with Crippen molar-refractivity contribution in [3.05, 3.63) is 33.9 Å². The Bertz CT molecular complexity index is 703. The minimum atomic E-state index is -0.0472. The van der Waals surface area contributed by atoms with E-state index in [0.717, 1.165) is 43.3 Å². The van der Waals surface area contributed by atoms with Gasteiger partial charge in [0, 0.05) is 30.9 Å². The quantitative estimate of drug-likeness (QED) is 0.921. The van der Waals surface area contributed by atoms with E-state index in [-0.39, 0.29) is 11.9 Å². The van der Waals surface area contributed by atoms with Crippen LogP contribution < -0.4 is 15.0 Å². The normalized spacial score (nSPS) is 15.4. The zero-order chi connectivity index (χ0) is 17.1. The molecular formula is C17H22N4O2S. The number of amides is 1. The fourth-order valence-corrected chi connectivity index (χ4v) is 3.75. The summed E-state index contributed by atoms with van der Waals surface area (Å²) in [6, 6.07) is 4.02. The number of aromatic nitrogens is 2. The first-order chi connectivity index (χ1) is 11.6. The number of aryl methyl sites for hydroxylation is 2. The van der Waals surface area contributed by atoms with Crippen LogP contribution in [0.5, 0.6) is 5.75 Å². The van der Waals surface area contributed by atoms with Gasteiger partial charge in [-0.15, -0.1) is 11.3 Å². The summed E-state index contributed by atoms with van der Waals surface area (Å²) in [5.74, 6) is 2.37. The van der Waals surface area contributed by atoms with Crippen LogP contribution in [0.3, 0.4) is 0 Å².